The Labute approximate surface area is 113 Å². The standard InChI is InChI=1S/C18H15N/c1-2-11-17(12-3-1)19-14-16-10-6-7-13-18(16)15-8-4-5-9-15/h1-15H. The summed E-state index contributed by atoms with van der Waals surface area (Å²) in [5, 5.41) is 0. The number of allylic oxidation sites excluding steroid dienone is 4. The van der Waals surface area contributed by atoms with Crippen molar-refractivity contribution in [2.24, 2.45) is 4.99 Å². The Balaban J connectivity index is 1.91. The van der Waals surface area contributed by atoms with Gasteiger partial charge in [-0.05, 0) is 23.3 Å². The Morgan fingerprint density at radius 2 is 1.47 bits per heavy atom. The highest BCUT2D eigenvalue weighted by molar-refractivity contribution is 5.84. The van der Waals surface area contributed by atoms with Gasteiger partial charge in [-0.3, -0.25) is 4.99 Å². The molecule has 0 spiro atoms. The van der Waals surface area contributed by atoms with Crippen LogP contribution in [0.3, 0.4) is 0 Å². The van der Waals surface area contributed by atoms with Crippen molar-refractivity contribution in [3.05, 3.63) is 90.0 Å². The van der Waals surface area contributed by atoms with Crippen LogP contribution in [-0.4, -0.2) is 6.21 Å². The summed E-state index contributed by atoms with van der Waals surface area (Å²) in [7, 11) is 0. The minimum atomic E-state index is 0.374. The summed E-state index contributed by atoms with van der Waals surface area (Å²) in [5.74, 6) is 0.374. The zero-order chi connectivity index (χ0) is 12.9. The maximum Gasteiger partial charge on any atom is 0.0629 e. The van der Waals surface area contributed by atoms with Crippen LogP contribution in [0.5, 0.6) is 0 Å². The van der Waals surface area contributed by atoms with Gasteiger partial charge in [0.15, 0.2) is 0 Å². The summed E-state index contributed by atoms with van der Waals surface area (Å²) in [6.45, 7) is 0. The topological polar surface area (TPSA) is 12.4 Å². The maximum absolute atomic E-state index is 4.54. The molecular weight excluding hydrogens is 230 g/mol. The van der Waals surface area contributed by atoms with Crippen LogP contribution in [0.2, 0.25) is 0 Å². The van der Waals surface area contributed by atoms with Gasteiger partial charge in [-0.2, -0.15) is 0 Å². The molecule has 2 aromatic rings. The number of nitrogens with zero attached hydrogens (tertiary/aromatic N) is 1. The predicted molar refractivity (Wildman–Crippen MR) is 81.2 cm³/mol. The van der Waals surface area contributed by atoms with Crippen molar-refractivity contribution < 1.29 is 0 Å². The van der Waals surface area contributed by atoms with Gasteiger partial charge in [-0.15, -0.1) is 0 Å². The molecule has 1 aliphatic rings. The minimum absolute atomic E-state index is 0.374. The van der Waals surface area contributed by atoms with Crippen molar-refractivity contribution in [1.29, 1.82) is 0 Å². The molecule has 0 aromatic heterocycles. The lowest BCUT2D eigenvalue weighted by Crippen LogP contribution is -1.95. The van der Waals surface area contributed by atoms with E-state index in [1.165, 1.54) is 11.1 Å². The molecule has 0 radical (unpaired) electrons. The highest BCUT2D eigenvalue weighted by atomic mass is 14.7. The third-order valence-electron chi connectivity index (χ3n) is 3.21. The third kappa shape index (κ3) is 2.71. The second-order valence-electron chi connectivity index (χ2n) is 4.52. The Morgan fingerprint density at radius 1 is 0.789 bits per heavy atom. The Bertz CT molecular complexity index is 624. The molecule has 0 saturated heterocycles. The first-order valence-electron chi connectivity index (χ1n) is 6.46. The van der Waals surface area contributed by atoms with Gasteiger partial charge >= 0.3 is 0 Å². The summed E-state index contributed by atoms with van der Waals surface area (Å²) >= 11 is 0. The monoisotopic (exact) mass is 245 g/mol. The van der Waals surface area contributed by atoms with E-state index < -0.39 is 0 Å². The molecule has 0 heterocycles. The van der Waals surface area contributed by atoms with Crippen molar-refractivity contribution in [2.45, 2.75) is 5.92 Å². The average Bonchev–Trinajstić information content (AvgIpc) is 3.01. The molecule has 2 aromatic carbocycles. The SMILES string of the molecule is C1=CC(c2ccccc2C=Nc2ccccc2)C=C1. The molecule has 19 heavy (non-hydrogen) atoms. The highest BCUT2D eigenvalue weighted by Gasteiger charge is 2.09. The first kappa shape index (κ1) is 11.7. The fourth-order valence-corrected chi connectivity index (χ4v) is 2.23. The van der Waals surface area contributed by atoms with Gasteiger partial charge in [-0.25, -0.2) is 0 Å². The van der Waals surface area contributed by atoms with Crippen molar-refractivity contribution >= 4 is 11.9 Å². The molecule has 0 fully saturated rings. The first-order chi connectivity index (χ1) is 9.43. The number of benzene rings is 2. The van der Waals surface area contributed by atoms with Crippen LogP contribution >= 0.6 is 0 Å². The molecule has 0 bridgehead atoms. The van der Waals surface area contributed by atoms with Gasteiger partial charge in [0.05, 0.1) is 5.69 Å². The van der Waals surface area contributed by atoms with Crippen LogP contribution in [0, 0.1) is 0 Å². The van der Waals surface area contributed by atoms with Crippen molar-refractivity contribution in [1.82, 2.24) is 0 Å². The molecule has 0 unspecified atom stereocenters. The number of aliphatic imine (C=N–C) groups is 1. The van der Waals surface area contributed by atoms with E-state index in [0.29, 0.717) is 5.92 Å². The van der Waals surface area contributed by atoms with Crippen LogP contribution in [0.15, 0.2) is 83.9 Å². The number of hydrogen-bond acceptors (Lipinski definition) is 1. The first-order valence-corrected chi connectivity index (χ1v) is 6.46. The second kappa shape index (κ2) is 5.49. The lowest BCUT2D eigenvalue weighted by Gasteiger charge is -2.09. The third-order valence-corrected chi connectivity index (χ3v) is 3.21. The van der Waals surface area contributed by atoms with Crippen LogP contribution in [-0.2, 0) is 0 Å². The number of hydrogen-bond donors (Lipinski definition) is 0. The summed E-state index contributed by atoms with van der Waals surface area (Å²) in [6, 6.07) is 18.4. The molecule has 3 rings (SSSR count). The predicted octanol–water partition coefficient (Wildman–Crippen LogP) is 4.65. The van der Waals surface area contributed by atoms with Gasteiger partial charge in [0.1, 0.15) is 0 Å². The molecule has 1 heteroatoms. The van der Waals surface area contributed by atoms with Gasteiger partial charge in [-0.1, -0.05) is 66.8 Å². The fraction of sp³-hybridized carbons (Fsp3) is 0.0556. The Hall–Kier alpha value is -2.41. The molecule has 0 atom stereocenters. The normalized spacial score (nSPS) is 14.5. The van der Waals surface area contributed by atoms with E-state index in [4.69, 9.17) is 0 Å². The zero-order valence-corrected chi connectivity index (χ0v) is 10.6. The molecule has 0 aliphatic heterocycles. The van der Waals surface area contributed by atoms with Crippen LogP contribution < -0.4 is 0 Å². The Kier molecular flexibility index (Phi) is 3.37. The lowest BCUT2D eigenvalue weighted by molar-refractivity contribution is 1.10. The van der Waals surface area contributed by atoms with Crippen LogP contribution in [0.1, 0.15) is 17.0 Å². The summed E-state index contributed by atoms with van der Waals surface area (Å²) in [6.07, 6.45) is 10.5. The maximum atomic E-state index is 4.54. The van der Waals surface area contributed by atoms with E-state index in [1.54, 1.807) is 0 Å². The average molecular weight is 245 g/mol. The minimum Gasteiger partial charge on any atom is -0.256 e. The molecule has 0 amide bonds. The van der Waals surface area contributed by atoms with Gasteiger partial charge in [0.25, 0.3) is 0 Å². The summed E-state index contributed by atoms with van der Waals surface area (Å²) in [4.78, 5) is 4.54. The Morgan fingerprint density at radius 3 is 2.26 bits per heavy atom. The fourth-order valence-electron chi connectivity index (χ4n) is 2.23. The van der Waals surface area contributed by atoms with Crippen LogP contribution in [0.4, 0.5) is 5.69 Å². The molecule has 0 N–H and O–H groups in total. The van der Waals surface area contributed by atoms with Crippen molar-refractivity contribution in [2.75, 3.05) is 0 Å². The van der Waals surface area contributed by atoms with E-state index in [9.17, 15) is 0 Å². The summed E-state index contributed by atoms with van der Waals surface area (Å²) < 4.78 is 0. The molecule has 1 aliphatic carbocycles. The second-order valence-corrected chi connectivity index (χ2v) is 4.52. The van der Waals surface area contributed by atoms with E-state index in [0.717, 1.165) is 5.69 Å². The smallest absolute Gasteiger partial charge is 0.0629 e. The largest absolute Gasteiger partial charge is 0.256 e. The van der Waals surface area contributed by atoms with Gasteiger partial charge in [0, 0.05) is 12.1 Å². The molecule has 0 saturated carbocycles. The van der Waals surface area contributed by atoms with Crippen molar-refractivity contribution in [3.63, 3.8) is 0 Å². The van der Waals surface area contributed by atoms with E-state index in [-0.39, 0.29) is 0 Å². The molecule has 92 valence electrons. The molecule has 1 nitrogen and oxygen atoms in total. The van der Waals surface area contributed by atoms with E-state index >= 15 is 0 Å². The van der Waals surface area contributed by atoms with Crippen molar-refractivity contribution in [3.8, 4) is 0 Å². The number of rotatable bonds is 3. The summed E-state index contributed by atoms with van der Waals surface area (Å²) in [5.41, 5.74) is 3.45. The number of para-hydroxylation sites is 1. The van der Waals surface area contributed by atoms with Gasteiger partial charge < -0.3 is 0 Å². The lowest BCUT2D eigenvalue weighted by atomic mass is 9.96. The van der Waals surface area contributed by atoms with Crippen LogP contribution in [0.25, 0.3) is 0 Å². The van der Waals surface area contributed by atoms with Gasteiger partial charge in [0.2, 0.25) is 0 Å². The van der Waals surface area contributed by atoms with E-state index in [1.807, 2.05) is 36.5 Å². The molecular formula is C18H15N. The highest BCUT2D eigenvalue weighted by Crippen LogP contribution is 2.25. The quantitative estimate of drug-likeness (QED) is 0.698. The zero-order valence-electron chi connectivity index (χ0n) is 10.6. The van der Waals surface area contributed by atoms with E-state index in [2.05, 4.69) is 53.6 Å².